The van der Waals surface area contributed by atoms with Gasteiger partial charge in [0, 0.05) is 28.9 Å². The Kier molecular flexibility index (Phi) is 13.8. The number of H-pyrrole nitrogens is 1. The normalized spacial score (nSPS) is 11.2. The molecule has 4 rings (SSSR count). The molecule has 0 amide bonds. The monoisotopic (exact) mass is 741 g/mol. The van der Waals surface area contributed by atoms with Crippen molar-refractivity contribution >= 4 is 52.0 Å². The zero-order valence-corrected chi connectivity index (χ0v) is 26.8. The standard InChI is InChI=1S/C26H26ClF2N5O2.2C2HF3O2/c1-4-35-18-9-16(24(29)23(10-18)36-14(2)3)13-34(17-7-5-15(6-8-17)25(30)31)26-32-21-11-19(27)20(28)12-22(21)33-26;2*3-2(4,5)1(6)7/h5-12,14H,4,13H2,1-3H3,(H3,30,31)(H,32,33);2*(H,6,7). The highest BCUT2D eigenvalue weighted by Crippen LogP contribution is 2.34. The first kappa shape index (κ1) is 40.8. The van der Waals surface area contributed by atoms with Crippen LogP contribution in [0.25, 0.3) is 11.0 Å². The number of alkyl halides is 6. The van der Waals surface area contributed by atoms with Gasteiger partial charge in [0.25, 0.3) is 0 Å². The molecule has 0 aliphatic rings. The Labute approximate surface area is 282 Å². The van der Waals surface area contributed by atoms with E-state index in [1.165, 1.54) is 18.2 Å². The van der Waals surface area contributed by atoms with E-state index in [0.29, 0.717) is 46.2 Å². The number of carbonyl (C=O) groups is 2. The molecular formula is C30H28ClF8N5O6. The molecule has 0 aliphatic heterocycles. The number of ether oxygens (including phenoxy) is 2. The smallest absolute Gasteiger partial charge is 0.490 e. The molecule has 272 valence electrons. The summed E-state index contributed by atoms with van der Waals surface area (Å²) in [6.07, 6.45) is -10.4. The number of anilines is 2. The molecule has 0 saturated carbocycles. The molecule has 11 nitrogen and oxygen atoms in total. The SMILES string of the molecule is CCOc1cc(CN(c2ccc(C(=N)N)cc2)c2nc3cc(Cl)c(F)cc3[nH]2)c(F)c(OC(C)C)c1.O=C(O)C(F)(F)F.O=C(O)C(F)(F)F. The molecule has 3 aromatic carbocycles. The van der Waals surface area contributed by atoms with E-state index in [1.807, 2.05) is 20.8 Å². The second kappa shape index (κ2) is 16.9. The molecular weight excluding hydrogens is 714 g/mol. The fourth-order valence-electron chi connectivity index (χ4n) is 3.73. The van der Waals surface area contributed by atoms with E-state index in [2.05, 4.69) is 9.97 Å². The van der Waals surface area contributed by atoms with Gasteiger partial charge in [-0.15, -0.1) is 0 Å². The number of hydrogen-bond acceptors (Lipinski definition) is 7. The zero-order valence-electron chi connectivity index (χ0n) is 26.0. The number of nitrogen functional groups attached to an aromatic ring is 1. The Morgan fingerprint density at radius 3 is 2.00 bits per heavy atom. The quantitative estimate of drug-likeness (QED) is 0.0658. The third kappa shape index (κ3) is 11.7. The van der Waals surface area contributed by atoms with Crippen LogP contribution in [0.15, 0.2) is 48.5 Å². The van der Waals surface area contributed by atoms with Crippen LogP contribution in [0.1, 0.15) is 31.9 Å². The molecule has 0 atom stereocenters. The Bertz CT molecular complexity index is 1750. The number of aromatic amines is 1. The fraction of sp³-hybridized carbons (Fsp3) is 0.267. The Hall–Kier alpha value is -5.33. The molecule has 0 bridgehead atoms. The van der Waals surface area contributed by atoms with E-state index in [9.17, 15) is 30.7 Å². The molecule has 50 heavy (non-hydrogen) atoms. The number of carboxylic acid groups (broad SMARTS) is 2. The van der Waals surface area contributed by atoms with Gasteiger partial charge in [0.05, 0.1) is 35.3 Å². The number of fused-ring (bicyclic) bond motifs is 1. The number of aliphatic carboxylic acids is 2. The van der Waals surface area contributed by atoms with Crippen LogP contribution < -0.4 is 20.1 Å². The number of aromatic nitrogens is 2. The molecule has 0 radical (unpaired) electrons. The third-order valence-corrected chi connectivity index (χ3v) is 6.12. The molecule has 6 N–H and O–H groups in total. The van der Waals surface area contributed by atoms with Crippen LogP contribution in [0.5, 0.6) is 11.5 Å². The number of nitrogens with one attached hydrogen (secondary N) is 2. The summed E-state index contributed by atoms with van der Waals surface area (Å²) in [5.41, 5.74) is 7.96. The van der Waals surface area contributed by atoms with Crippen LogP contribution in [-0.2, 0) is 16.1 Å². The van der Waals surface area contributed by atoms with Gasteiger partial charge in [0.1, 0.15) is 17.4 Å². The topological polar surface area (TPSA) is 175 Å². The lowest BCUT2D eigenvalue weighted by Crippen LogP contribution is -2.21. The molecule has 20 heteroatoms. The Balaban J connectivity index is 0.000000521. The number of hydrogen-bond donors (Lipinski definition) is 5. The number of rotatable bonds is 9. The molecule has 1 heterocycles. The summed E-state index contributed by atoms with van der Waals surface area (Å²) in [5, 5.41) is 21.9. The van der Waals surface area contributed by atoms with Crippen molar-refractivity contribution in [3.8, 4) is 11.5 Å². The van der Waals surface area contributed by atoms with Gasteiger partial charge in [-0.2, -0.15) is 26.3 Å². The highest BCUT2D eigenvalue weighted by molar-refractivity contribution is 6.31. The highest BCUT2D eigenvalue weighted by Gasteiger charge is 2.39. The van der Waals surface area contributed by atoms with Crippen LogP contribution in [0.2, 0.25) is 5.02 Å². The number of imidazole rings is 1. The number of nitrogens with two attached hydrogens (primary N) is 1. The van der Waals surface area contributed by atoms with Crippen molar-refractivity contribution in [2.24, 2.45) is 5.73 Å². The van der Waals surface area contributed by atoms with Gasteiger partial charge in [-0.1, -0.05) is 11.6 Å². The minimum absolute atomic E-state index is 0.0384. The average molecular weight is 742 g/mol. The van der Waals surface area contributed by atoms with Crippen molar-refractivity contribution in [3.63, 3.8) is 0 Å². The summed E-state index contributed by atoms with van der Waals surface area (Å²) in [5.74, 6) is -5.81. The van der Waals surface area contributed by atoms with Crippen molar-refractivity contribution in [2.75, 3.05) is 11.5 Å². The maximum atomic E-state index is 15.6. The second-order valence-corrected chi connectivity index (χ2v) is 10.4. The summed E-state index contributed by atoms with van der Waals surface area (Å²) >= 11 is 5.95. The first-order valence-corrected chi connectivity index (χ1v) is 14.2. The van der Waals surface area contributed by atoms with Gasteiger partial charge < -0.3 is 35.3 Å². The lowest BCUT2D eigenvalue weighted by molar-refractivity contribution is -0.193. The first-order chi connectivity index (χ1) is 23.0. The highest BCUT2D eigenvalue weighted by atomic mass is 35.5. The molecule has 0 fully saturated rings. The molecule has 0 aliphatic carbocycles. The molecule has 1 aromatic heterocycles. The summed E-state index contributed by atoms with van der Waals surface area (Å²) in [7, 11) is 0. The van der Waals surface area contributed by atoms with Gasteiger partial charge >= 0.3 is 24.3 Å². The number of carboxylic acids is 2. The Morgan fingerprint density at radius 1 is 1.00 bits per heavy atom. The predicted molar refractivity (Wildman–Crippen MR) is 165 cm³/mol. The lowest BCUT2D eigenvalue weighted by Gasteiger charge is -2.24. The molecule has 0 saturated heterocycles. The summed E-state index contributed by atoms with van der Waals surface area (Å²) in [6, 6.07) is 12.7. The Morgan fingerprint density at radius 2 is 1.54 bits per heavy atom. The van der Waals surface area contributed by atoms with Crippen molar-refractivity contribution in [1.29, 1.82) is 5.41 Å². The van der Waals surface area contributed by atoms with Crippen LogP contribution in [0.3, 0.4) is 0 Å². The van der Waals surface area contributed by atoms with Crippen LogP contribution in [0, 0.1) is 17.0 Å². The third-order valence-electron chi connectivity index (χ3n) is 5.83. The number of amidine groups is 1. The van der Waals surface area contributed by atoms with Gasteiger partial charge in [-0.25, -0.2) is 23.4 Å². The largest absolute Gasteiger partial charge is 0.494 e. The average Bonchev–Trinajstić information content (AvgIpc) is 3.39. The van der Waals surface area contributed by atoms with Crippen molar-refractivity contribution in [3.05, 3.63) is 76.3 Å². The van der Waals surface area contributed by atoms with E-state index in [-0.39, 0.29) is 29.3 Å². The zero-order chi connectivity index (χ0) is 38.1. The van der Waals surface area contributed by atoms with E-state index in [4.69, 9.17) is 52.0 Å². The summed E-state index contributed by atoms with van der Waals surface area (Å²) in [4.78, 5) is 27.2. The van der Waals surface area contributed by atoms with E-state index in [0.717, 1.165) is 0 Å². The number of benzene rings is 3. The van der Waals surface area contributed by atoms with Crippen LogP contribution in [-0.4, -0.2) is 63.0 Å². The van der Waals surface area contributed by atoms with E-state index >= 15 is 4.39 Å². The van der Waals surface area contributed by atoms with Gasteiger partial charge in [-0.05, 0) is 57.2 Å². The van der Waals surface area contributed by atoms with Gasteiger partial charge in [0.15, 0.2) is 11.6 Å². The van der Waals surface area contributed by atoms with Gasteiger partial charge in [-0.3, -0.25) is 5.41 Å². The molecule has 0 unspecified atom stereocenters. The maximum Gasteiger partial charge on any atom is 0.490 e. The van der Waals surface area contributed by atoms with E-state index in [1.54, 1.807) is 35.2 Å². The summed E-state index contributed by atoms with van der Waals surface area (Å²) < 4.78 is 104. The minimum atomic E-state index is -5.08. The van der Waals surface area contributed by atoms with Crippen molar-refractivity contribution in [2.45, 2.75) is 45.8 Å². The minimum Gasteiger partial charge on any atom is -0.494 e. The first-order valence-electron chi connectivity index (χ1n) is 13.8. The van der Waals surface area contributed by atoms with Crippen molar-refractivity contribution < 1.29 is 64.4 Å². The predicted octanol–water partition coefficient (Wildman–Crippen LogP) is 7.57. The maximum absolute atomic E-state index is 15.6. The van der Waals surface area contributed by atoms with Gasteiger partial charge in [0.2, 0.25) is 5.95 Å². The fourth-order valence-corrected chi connectivity index (χ4v) is 3.89. The van der Waals surface area contributed by atoms with Crippen LogP contribution >= 0.6 is 11.6 Å². The summed E-state index contributed by atoms with van der Waals surface area (Å²) in [6.45, 7) is 5.91. The number of halogens is 9. The number of nitrogens with zero attached hydrogens (tertiary/aromatic N) is 2. The van der Waals surface area contributed by atoms with Crippen molar-refractivity contribution in [1.82, 2.24) is 9.97 Å². The second-order valence-electron chi connectivity index (χ2n) is 9.99. The molecule has 4 aromatic rings. The van der Waals surface area contributed by atoms with Crippen LogP contribution in [0.4, 0.5) is 46.8 Å². The van der Waals surface area contributed by atoms with E-state index < -0.39 is 35.9 Å². The lowest BCUT2D eigenvalue weighted by atomic mass is 10.1. The molecule has 0 spiro atoms.